The normalized spacial score (nSPS) is 11.2. The molecular formula is C10H14N2O4S2. The molecule has 0 aliphatic heterocycles. The number of thioether (sulfide) groups is 1. The van der Waals surface area contributed by atoms with Gasteiger partial charge in [0.2, 0.25) is 0 Å². The minimum absolute atomic E-state index is 0.0182. The van der Waals surface area contributed by atoms with Crippen molar-refractivity contribution in [3.05, 3.63) is 17.8 Å². The van der Waals surface area contributed by atoms with Crippen LogP contribution >= 0.6 is 11.8 Å². The van der Waals surface area contributed by atoms with Crippen molar-refractivity contribution in [3.8, 4) is 0 Å². The van der Waals surface area contributed by atoms with Crippen molar-refractivity contribution in [1.82, 2.24) is 4.98 Å². The van der Waals surface area contributed by atoms with Gasteiger partial charge in [0.25, 0.3) is 0 Å². The van der Waals surface area contributed by atoms with Gasteiger partial charge in [-0.3, -0.25) is 0 Å². The molecule has 6 nitrogen and oxygen atoms in total. The third kappa shape index (κ3) is 4.53. The zero-order chi connectivity index (χ0) is 13.8. The van der Waals surface area contributed by atoms with Crippen molar-refractivity contribution < 1.29 is 17.9 Å². The van der Waals surface area contributed by atoms with Crippen molar-refractivity contribution in [2.45, 2.75) is 5.03 Å². The molecular weight excluding hydrogens is 276 g/mol. The third-order valence-electron chi connectivity index (χ3n) is 1.97. The highest BCUT2D eigenvalue weighted by Crippen LogP contribution is 2.22. The zero-order valence-electron chi connectivity index (χ0n) is 10.0. The average Bonchev–Trinajstić information content (AvgIpc) is 2.28. The molecule has 0 saturated carbocycles. The van der Waals surface area contributed by atoms with Crippen LogP contribution in [0.25, 0.3) is 0 Å². The Kier molecular flexibility index (Phi) is 4.97. The molecule has 0 aromatic carbocycles. The van der Waals surface area contributed by atoms with Crippen LogP contribution in [0.3, 0.4) is 0 Å². The molecule has 0 aliphatic carbocycles. The Morgan fingerprint density at radius 3 is 2.78 bits per heavy atom. The van der Waals surface area contributed by atoms with E-state index in [4.69, 9.17) is 5.73 Å². The van der Waals surface area contributed by atoms with Crippen molar-refractivity contribution >= 4 is 33.3 Å². The number of aromatic nitrogens is 1. The standard InChI is InChI=1S/C10H14N2O4S2/c1-16-10(13)8-5-7(11)6-12-9(8)17-3-4-18(2,14)15/h5-6H,3-4,11H2,1-2H3. The van der Waals surface area contributed by atoms with E-state index in [1.165, 1.54) is 31.1 Å². The molecule has 0 amide bonds. The Labute approximate surface area is 110 Å². The van der Waals surface area contributed by atoms with E-state index in [1.807, 2.05) is 0 Å². The molecule has 18 heavy (non-hydrogen) atoms. The summed E-state index contributed by atoms with van der Waals surface area (Å²) in [5.74, 6) is -0.207. The van der Waals surface area contributed by atoms with Gasteiger partial charge in [-0.25, -0.2) is 18.2 Å². The van der Waals surface area contributed by atoms with Crippen molar-refractivity contribution in [2.75, 3.05) is 30.6 Å². The molecule has 0 aliphatic rings. The fourth-order valence-electron chi connectivity index (χ4n) is 1.13. The minimum Gasteiger partial charge on any atom is -0.465 e. The molecule has 0 bridgehead atoms. The quantitative estimate of drug-likeness (QED) is 0.625. The molecule has 0 radical (unpaired) electrons. The third-order valence-corrected chi connectivity index (χ3v) is 4.18. The summed E-state index contributed by atoms with van der Waals surface area (Å²) < 4.78 is 26.6. The molecule has 1 heterocycles. The predicted molar refractivity (Wildman–Crippen MR) is 70.4 cm³/mol. The Morgan fingerprint density at radius 2 is 2.22 bits per heavy atom. The molecule has 1 aromatic rings. The van der Waals surface area contributed by atoms with Gasteiger partial charge in [0.1, 0.15) is 14.9 Å². The number of esters is 1. The molecule has 1 aromatic heterocycles. The lowest BCUT2D eigenvalue weighted by Crippen LogP contribution is -2.08. The van der Waals surface area contributed by atoms with Crippen LogP contribution < -0.4 is 5.73 Å². The van der Waals surface area contributed by atoms with Gasteiger partial charge in [0.15, 0.2) is 0 Å². The maximum Gasteiger partial charge on any atom is 0.340 e. The molecule has 0 fully saturated rings. The van der Waals surface area contributed by atoms with Crippen LogP contribution in [0.5, 0.6) is 0 Å². The van der Waals surface area contributed by atoms with E-state index in [-0.39, 0.29) is 11.3 Å². The van der Waals surface area contributed by atoms with Gasteiger partial charge in [-0.15, -0.1) is 11.8 Å². The van der Waals surface area contributed by atoms with E-state index >= 15 is 0 Å². The number of nitrogen functional groups attached to an aromatic ring is 1. The van der Waals surface area contributed by atoms with E-state index < -0.39 is 15.8 Å². The van der Waals surface area contributed by atoms with Crippen molar-refractivity contribution in [2.24, 2.45) is 0 Å². The highest BCUT2D eigenvalue weighted by Gasteiger charge is 2.14. The molecule has 0 atom stereocenters. The van der Waals surface area contributed by atoms with Crippen LogP contribution in [0.2, 0.25) is 0 Å². The van der Waals surface area contributed by atoms with Crippen LogP contribution in [0.4, 0.5) is 5.69 Å². The van der Waals surface area contributed by atoms with Crippen LogP contribution in [0, 0.1) is 0 Å². The smallest absolute Gasteiger partial charge is 0.340 e. The van der Waals surface area contributed by atoms with Crippen molar-refractivity contribution in [3.63, 3.8) is 0 Å². The first kappa shape index (κ1) is 14.8. The van der Waals surface area contributed by atoms with Crippen LogP contribution in [0.1, 0.15) is 10.4 Å². The monoisotopic (exact) mass is 290 g/mol. The van der Waals surface area contributed by atoms with Gasteiger partial charge in [-0.05, 0) is 6.07 Å². The van der Waals surface area contributed by atoms with Gasteiger partial charge in [-0.2, -0.15) is 0 Å². The first-order chi connectivity index (χ1) is 8.33. The Balaban J connectivity index is 2.85. The van der Waals surface area contributed by atoms with Gasteiger partial charge in [0, 0.05) is 12.0 Å². The first-order valence-corrected chi connectivity index (χ1v) is 8.02. The average molecular weight is 290 g/mol. The highest BCUT2D eigenvalue weighted by atomic mass is 32.2. The molecule has 1 rings (SSSR count). The number of sulfone groups is 1. The number of carbonyl (C=O) groups is 1. The second-order valence-corrected chi connectivity index (χ2v) is 6.93. The second-order valence-electron chi connectivity index (χ2n) is 3.59. The molecule has 8 heteroatoms. The summed E-state index contributed by atoms with van der Waals surface area (Å²) >= 11 is 1.18. The summed E-state index contributed by atoms with van der Waals surface area (Å²) in [6.07, 6.45) is 2.57. The van der Waals surface area contributed by atoms with Crippen LogP contribution in [-0.2, 0) is 14.6 Å². The van der Waals surface area contributed by atoms with E-state index in [9.17, 15) is 13.2 Å². The number of nitrogens with zero attached hydrogens (tertiary/aromatic N) is 1. The SMILES string of the molecule is COC(=O)c1cc(N)cnc1SCCS(C)(=O)=O. The summed E-state index contributed by atoms with van der Waals surface area (Å²) in [7, 11) is -1.77. The fourth-order valence-corrected chi connectivity index (χ4v) is 3.29. The lowest BCUT2D eigenvalue weighted by Gasteiger charge is -2.07. The summed E-state index contributed by atoms with van der Waals surface area (Å²) in [6.45, 7) is 0. The summed E-state index contributed by atoms with van der Waals surface area (Å²) in [5.41, 5.74) is 6.14. The molecule has 0 unspecified atom stereocenters. The molecule has 2 N–H and O–H groups in total. The number of hydrogen-bond acceptors (Lipinski definition) is 7. The maximum absolute atomic E-state index is 11.5. The fraction of sp³-hybridized carbons (Fsp3) is 0.400. The lowest BCUT2D eigenvalue weighted by atomic mass is 10.3. The Morgan fingerprint density at radius 1 is 1.56 bits per heavy atom. The Hall–Kier alpha value is -1.28. The predicted octanol–water partition coefficient (Wildman–Crippen LogP) is 0.587. The number of pyridine rings is 1. The molecule has 0 saturated heterocycles. The minimum atomic E-state index is -3.03. The topological polar surface area (TPSA) is 99.3 Å². The van der Waals surface area contributed by atoms with E-state index in [0.717, 1.165) is 6.26 Å². The number of anilines is 1. The summed E-state index contributed by atoms with van der Waals surface area (Å²) in [4.78, 5) is 15.5. The number of ether oxygens (including phenoxy) is 1. The molecule has 100 valence electrons. The maximum atomic E-state index is 11.5. The second kappa shape index (κ2) is 6.05. The number of hydrogen-bond donors (Lipinski definition) is 1. The number of nitrogens with two attached hydrogens (primary N) is 1. The Bertz CT molecular complexity index is 543. The van der Waals surface area contributed by atoms with Crippen LogP contribution in [0.15, 0.2) is 17.3 Å². The summed E-state index contributed by atoms with van der Waals surface area (Å²) in [5, 5.41) is 0.416. The highest BCUT2D eigenvalue weighted by molar-refractivity contribution is 8.00. The zero-order valence-corrected chi connectivity index (χ0v) is 11.7. The van der Waals surface area contributed by atoms with Gasteiger partial charge >= 0.3 is 5.97 Å². The number of carbonyl (C=O) groups excluding carboxylic acids is 1. The largest absolute Gasteiger partial charge is 0.465 e. The first-order valence-electron chi connectivity index (χ1n) is 4.98. The van der Waals surface area contributed by atoms with E-state index in [1.54, 1.807) is 0 Å². The number of methoxy groups -OCH3 is 1. The van der Waals surface area contributed by atoms with Gasteiger partial charge in [-0.1, -0.05) is 0 Å². The van der Waals surface area contributed by atoms with Crippen molar-refractivity contribution in [1.29, 1.82) is 0 Å². The number of rotatable bonds is 5. The van der Waals surface area contributed by atoms with Gasteiger partial charge in [0.05, 0.1) is 30.3 Å². The van der Waals surface area contributed by atoms with Crippen LogP contribution in [-0.4, -0.2) is 44.2 Å². The summed E-state index contributed by atoms with van der Waals surface area (Å²) in [6, 6.07) is 1.46. The van der Waals surface area contributed by atoms with Gasteiger partial charge < -0.3 is 10.5 Å². The lowest BCUT2D eigenvalue weighted by molar-refractivity contribution is 0.0596. The van der Waals surface area contributed by atoms with E-state index in [0.29, 0.717) is 16.5 Å². The van der Waals surface area contributed by atoms with E-state index in [2.05, 4.69) is 9.72 Å². The molecule has 0 spiro atoms.